The summed E-state index contributed by atoms with van der Waals surface area (Å²) >= 11 is 1.30. The van der Waals surface area contributed by atoms with Gasteiger partial charge in [0.05, 0.1) is 5.69 Å². The van der Waals surface area contributed by atoms with Crippen molar-refractivity contribution < 1.29 is 9.90 Å². The maximum absolute atomic E-state index is 11.9. The van der Waals surface area contributed by atoms with Crippen LogP contribution in [0, 0.1) is 5.92 Å². The number of thioether (sulfide) groups is 1. The average Bonchev–Trinajstić information content (AvgIpc) is 2.38. The van der Waals surface area contributed by atoms with Gasteiger partial charge in [-0.15, -0.1) is 11.8 Å². The number of hydrogen-bond acceptors (Lipinski definition) is 4. The third kappa shape index (κ3) is 3.19. The molecule has 5 nitrogen and oxygen atoms in total. The monoisotopic (exact) mass is 292 g/mol. The number of pyridine rings is 1. The second kappa shape index (κ2) is 6.09. The summed E-state index contributed by atoms with van der Waals surface area (Å²) in [6.07, 6.45) is 1.66. The van der Waals surface area contributed by atoms with Crippen LogP contribution in [0.25, 0.3) is 5.65 Å². The second-order valence-electron chi connectivity index (χ2n) is 4.83. The number of carboxylic acid groups (broad SMARTS) is 1. The molecule has 20 heavy (non-hydrogen) atoms. The second-order valence-corrected chi connectivity index (χ2v) is 5.96. The number of aromatic nitrogens is 2. The largest absolute Gasteiger partial charge is 0.480 e. The van der Waals surface area contributed by atoms with Crippen molar-refractivity contribution in [1.29, 1.82) is 0 Å². The maximum Gasteiger partial charge on any atom is 0.316 e. The minimum absolute atomic E-state index is 0.0269. The molecule has 0 saturated carbocycles. The summed E-state index contributed by atoms with van der Waals surface area (Å²) in [4.78, 5) is 27.4. The lowest BCUT2D eigenvalue weighted by molar-refractivity contribution is -0.137. The standard InChI is InChI=1S/C14H16N2O3S/c1-9(2)13(14(18)19)20-8-10-7-12(17)16-6-4-3-5-11(16)15-10/h3-7,9,13H,8H2,1-2H3,(H,18,19). The minimum Gasteiger partial charge on any atom is -0.480 e. The van der Waals surface area contributed by atoms with Crippen LogP contribution in [-0.4, -0.2) is 25.7 Å². The van der Waals surface area contributed by atoms with Gasteiger partial charge in [-0.25, -0.2) is 4.98 Å². The van der Waals surface area contributed by atoms with Crippen molar-refractivity contribution in [3.05, 3.63) is 46.5 Å². The maximum atomic E-state index is 11.9. The Bertz CT molecular complexity index is 681. The van der Waals surface area contributed by atoms with E-state index >= 15 is 0 Å². The summed E-state index contributed by atoms with van der Waals surface area (Å²) in [5.74, 6) is -0.392. The molecule has 0 spiro atoms. The van der Waals surface area contributed by atoms with E-state index in [1.54, 1.807) is 18.3 Å². The first kappa shape index (κ1) is 14.6. The average molecular weight is 292 g/mol. The van der Waals surface area contributed by atoms with Crippen molar-refractivity contribution >= 4 is 23.4 Å². The molecule has 1 atom stereocenters. The molecule has 2 aromatic heterocycles. The molecule has 0 bridgehead atoms. The van der Waals surface area contributed by atoms with Crippen LogP contribution >= 0.6 is 11.8 Å². The van der Waals surface area contributed by atoms with Crippen LogP contribution in [0.15, 0.2) is 35.3 Å². The van der Waals surface area contributed by atoms with Crippen LogP contribution in [0.2, 0.25) is 0 Å². The number of rotatable bonds is 5. The zero-order chi connectivity index (χ0) is 14.7. The molecular weight excluding hydrogens is 276 g/mol. The molecule has 1 unspecified atom stereocenters. The van der Waals surface area contributed by atoms with Gasteiger partial charge in [-0.3, -0.25) is 14.0 Å². The molecule has 0 aliphatic heterocycles. The summed E-state index contributed by atoms with van der Waals surface area (Å²) < 4.78 is 1.46. The number of carboxylic acids is 1. The highest BCUT2D eigenvalue weighted by molar-refractivity contribution is 7.99. The van der Waals surface area contributed by atoms with Crippen molar-refractivity contribution in [3.63, 3.8) is 0 Å². The summed E-state index contributed by atoms with van der Waals surface area (Å²) in [5, 5.41) is 8.65. The van der Waals surface area contributed by atoms with Crippen LogP contribution in [0.3, 0.4) is 0 Å². The van der Waals surface area contributed by atoms with Gasteiger partial charge >= 0.3 is 5.97 Å². The lowest BCUT2D eigenvalue weighted by Gasteiger charge is -2.15. The molecule has 0 aliphatic carbocycles. The van der Waals surface area contributed by atoms with E-state index in [-0.39, 0.29) is 11.5 Å². The predicted molar refractivity (Wildman–Crippen MR) is 79.0 cm³/mol. The lowest BCUT2D eigenvalue weighted by Crippen LogP contribution is -2.23. The Labute approximate surface area is 120 Å². The van der Waals surface area contributed by atoms with E-state index in [2.05, 4.69) is 4.98 Å². The van der Waals surface area contributed by atoms with Gasteiger partial charge in [0.25, 0.3) is 5.56 Å². The molecule has 2 rings (SSSR count). The Kier molecular flexibility index (Phi) is 4.44. The van der Waals surface area contributed by atoms with E-state index in [1.807, 2.05) is 19.9 Å². The van der Waals surface area contributed by atoms with Crippen LogP contribution < -0.4 is 5.56 Å². The molecule has 1 N–H and O–H groups in total. The van der Waals surface area contributed by atoms with Crippen molar-refractivity contribution in [2.24, 2.45) is 5.92 Å². The van der Waals surface area contributed by atoms with Gasteiger partial charge in [-0.1, -0.05) is 19.9 Å². The molecule has 0 aliphatic rings. The highest BCUT2D eigenvalue weighted by atomic mass is 32.2. The van der Waals surface area contributed by atoms with Crippen molar-refractivity contribution in [1.82, 2.24) is 9.38 Å². The Morgan fingerprint density at radius 3 is 2.85 bits per heavy atom. The summed E-state index contributed by atoms with van der Waals surface area (Å²) in [6.45, 7) is 3.74. The normalized spacial score (nSPS) is 12.8. The Morgan fingerprint density at radius 1 is 1.45 bits per heavy atom. The van der Waals surface area contributed by atoms with Crippen molar-refractivity contribution in [2.75, 3.05) is 0 Å². The first-order valence-electron chi connectivity index (χ1n) is 6.31. The third-order valence-corrected chi connectivity index (χ3v) is 4.45. The first-order chi connectivity index (χ1) is 9.49. The van der Waals surface area contributed by atoms with Gasteiger partial charge in [0.15, 0.2) is 0 Å². The summed E-state index contributed by atoms with van der Waals surface area (Å²) in [5.41, 5.74) is 1.03. The fourth-order valence-electron chi connectivity index (χ4n) is 1.90. The van der Waals surface area contributed by atoms with E-state index in [0.29, 0.717) is 17.1 Å². The quantitative estimate of drug-likeness (QED) is 0.913. The van der Waals surface area contributed by atoms with Gasteiger partial charge in [0.1, 0.15) is 10.9 Å². The highest BCUT2D eigenvalue weighted by Gasteiger charge is 2.22. The Hall–Kier alpha value is -1.82. The van der Waals surface area contributed by atoms with E-state index < -0.39 is 11.2 Å². The molecule has 106 valence electrons. The van der Waals surface area contributed by atoms with E-state index in [4.69, 9.17) is 5.11 Å². The van der Waals surface area contributed by atoms with Gasteiger partial charge in [-0.2, -0.15) is 0 Å². The number of nitrogens with zero attached hydrogens (tertiary/aromatic N) is 2. The zero-order valence-corrected chi connectivity index (χ0v) is 12.1. The molecule has 0 fully saturated rings. The van der Waals surface area contributed by atoms with E-state index in [0.717, 1.165) is 0 Å². The molecule has 0 aromatic carbocycles. The molecule has 0 amide bonds. The topological polar surface area (TPSA) is 71.7 Å². The number of hydrogen-bond donors (Lipinski definition) is 1. The smallest absolute Gasteiger partial charge is 0.316 e. The molecule has 2 aromatic rings. The van der Waals surface area contributed by atoms with Crippen LogP contribution in [0.4, 0.5) is 0 Å². The van der Waals surface area contributed by atoms with Crippen LogP contribution in [0.5, 0.6) is 0 Å². The Morgan fingerprint density at radius 2 is 2.20 bits per heavy atom. The molecule has 6 heteroatoms. The molecule has 2 heterocycles. The summed E-state index contributed by atoms with van der Waals surface area (Å²) in [7, 11) is 0. The van der Waals surface area contributed by atoms with Crippen LogP contribution in [-0.2, 0) is 10.5 Å². The highest BCUT2D eigenvalue weighted by Crippen LogP contribution is 2.23. The lowest BCUT2D eigenvalue weighted by atomic mass is 10.1. The number of carbonyl (C=O) groups is 1. The summed E-state index contributed by atoms with van der Waals surface area (Å²) in [6, 6.07) is 6.79. The number of fused-ring (bicyclic) bond motifs is 1. The molecular formula is C14H16N2O3S. The zero-order valence-electron chi connectivity index (χ0n) is 11.3. The van der Waals surface area contributed by atoms with Crippen LogP contribution in [0.1, 0.15) is 19.5 Å². The van der Waals surface area contributed by atoms with Crippen molar-refractivity contribution in [3.8, 4) is 0 Å². The molecule has 0 radical (unpaired) electrons. The van der Waals surface area contributed by atoms with Crippen molar-refractivity contribution in [2.45, 2.75) is 24.9 Å². The fraction of sp³-hybridized carbons (Fsp3) is 0.357. The van der Waals surface area contributed by atoms with Gasteiger partial charge in [-0.05, 0) is 18.1 Å². The van der Waals surface area contributed by atoms with Gasteiger partial charge in [0, 0.05) is 18.0 Å². The van der Waals surface area contributed by atoms with Gasteiger partial charge < -0.3 is 5.11 Å². The predicted octanol–water partition coefficient (Wildman–Crippen LogP) is 2.04. The fourth-order valence-corrected chi connectivity index (χ4v) is 2.93. The molecule has 0 saturated heterocycles. The SMILES string of the molecule is CC(C)C(SCc1cc(=O)n2ccccc2n1)C(=O)O. The van der Waals surface area contributed by atoms with Gasteiger partial charge in [0.2, 0.25) is 0 Å². The van der Waals surface area contributed by atoms with E-state index in [1.165, 1.54) is 22.2 Å². The van der Waals surface area contributed by atoms with E-state index in [9.17, 15) is 9.59 Å². The third-order valence-electron chi connectivity index (χ3n) is 2.88. The first-order valence-corrected chi connectivity index (χ1v) is 7.35. The Balaban J connectivity index is 2.22. The minimum atomic E-state index is -0.831. The number of aliphatic carboxylic acids is 1.